The van der Waals surface area contributed by atoms with Gasteiger partial charge in [0.05, 0.1) is 4.90 Å². The van der Waals surface area contributed by atoms with Gasteiger partial charge in [0, 0.05) is 17.3 Å². The average Bonchev–Trinajstić information content (AvgIpc) is 2.94. The summed E-state index contributed by atoms with van der Waals surface area (Å²) in [4.78, 5) is 14.9. The van der Waals surface area contributed by atoms with Gasteiger partial charge in [-0.2, -0.15) is 0 Å². The van der Waals surface area contributed by atoms with E-state index in [9.17, 15) is 13.2 Å². The molecular weight excluding hydrogens is 350 g/mol. The van der Waals surface area contributed by atoms with Crippen molar-refractivity contribution in [3.05, 3.63) is 59.7 Å². The Labute approximate surface area is 154 Å². The summed E-state index contributed by atoms with van der Waals surface area (Å²) in [6.45, 7) is 4.55. The van der Waals surface area contributed by atoms with Gasteiger partial charge >= 0.3 is 0 Å². The SMILES string of the molecule is C[C@H]([NH2+]Cc1ccc(S(N)(=O)=O)cc1)C(=O)N1c2ccccc2C[C@H]1C. The Bertz CT molecular complexity index is 910. The molecule has 1 aliphatic rings. The molecule has 0 fully saturated rings. The quantitative estimate of drug-likeness (QED) is 0.809. The van der Waals surface area contributed by atoms with Crippen molar-refractivity contribution < 1.29 is 18.5 Å². The highest BCUT2D eigenvalue weighted by molar-refractivity contribution is 7.89. The molecule has 138 valence electrons. The first kappa shape index (κ1) is 18.6. The number of carbonyl (C=O) groups is 1. The zero-order valence-electron chi connectivity index (χ0n) is 14.9. The number of nitrogens with zero attached hydrogens (tertiary/aromatic N) is 1. The lowest BCUT2D eigenvalue weighted by Crippen LogP contribution is -2.90. The van der Waals surface area contributed by atoms with Crippen LogP contribution in [0.5, 0.6) is 0 Å². The Morgan fingerprint density at radius 2 is 1.88 bits per heavy atom. The molecule has 4 N–H and O–H groups in total. The Hall–Kier alpha value is -2.22. The molecule has 0 radical (unpaired) electrons. The van der Waals surface area contributed by atoms with Crippen LogP contribution in [-0.2, 0) is 27.8 Å². The van der Waals surface area contributed by atoms with Crippen LogP contribution in [0.3, 0.4) is 0 Å². The van der Waals surface area contributed by atoms with Crippen LogP contribution >= 0.6 is 0 Å². The normalized spacial score (nSPS) is 17.8. The second kappa shape index (κ2) is 7.19. The second-order valence-corrected chi connectivity index (χ2v) is 8.37. The van der Waals surface area contributed by atoms with Gasteiger partial charge in [-0.15, -0.1) is 0 Å². The van der Waals surface area contributed by atoms with Gasteiger partial charge in [-0.3, -0.25) is 4.79 Å². The van der Waals surface area contributed by atoms with Crippen LogP contribution in [0.15, 0.2) is 53.4 Å². The number of sulfonamides is 1. The molecule has 0 aliphatic carbocycles. The molecule has 7 heteroatoms. The summed E-state index contributed by atoms with van der Waals surface area (Å²) in [5, 5.41) is 7.07. The predicted molar refractivity (Wildman–Crippen MR) is 100 cm³/mol. The molecule has 2 aromatic rings. The van der Waals surface area contributed by atoms with Crippen LogP contribution < -0.4 is 15.4 Å². The maximum atomic E-state index is 12.9. The Kier molecular flexibility index (Phi) is 5.13. The Balaban J connectivity index is 1.65. The highest BCUT2D eigenvalue weighted by Gasteiger charge is 2.34. The van der Waals surface area contributed by atoms with Crippen LogP contribution in [0.1, 0.15) is 25.0 Å². The average molecular weight is 374 g/mol. The standard InChI is InChI=1S/C19H23N3O3S/c1-13-11-16-5-3-4-6-18(16)22(13)19(23)14(2)21-12-15-7-9-17(10-8-15)26(20,24)25/h3-10,13-14,21H,11-12H2,1-2H3,(H2,20,24,25)/p+1/t13-,14+/m1/s1. The fourth-order valence-corrected chi connectivity index (χ4v) is 3.87. The number of rotatable bonds is 5. The van der Waals surface area contributed by atoms with Crippen molar-refractivity contribution in [2.45, 2.75) is 43.8 Å². The maximum Gasteiger partial charge on any atom is 0.285 e. The minimum absolute atomic E-state index is 0.0867. The van der Waals surface area contributed by atoms with Crippen molar-refractivity contribution in [3.63, 3.8) is 0 Å². The minimum atomic E-state index is -3.68. The fraction of sp³-hybridized carbons (Fsp3) is 0.316. The van der Waals surface area contributed by atoms with Crippen LogP contribution in [0.4, 0.5) is 5.69 Å². The number of para-hydroxylation sites is 1. The van der Waals surface area contributed by atoms with Gasteiger partial charge in [0.25, 0.3) is 5.91 Å². The second-order valence-electron chi connectivity index (χ2n) is 6.81. The van der Waals surface area contributed by atoms with Crippen molar-refractivity contribution in [2.24, 2.45) is 5.14 Å². The van der Waals surface area contributed by atoms with E-state index in [0.717, 1.165) is 17.7 Å². The molecule has 0 bridgehead atoms. The lowest BCUT2D eigenvalue weighted by atomic mass is 10.1. The van der Waals surface area contributed by atoms with Crippen LogP contribution in [0.2, 0.25) is 0 Å². The molecule has 1 aliphatic heterocycles. The number of primary sulfonamides is 1. The third-order valence-electron chi connectivity index (χ3n) is 4.79. The molecule has 3 rings (SSSR count). The summed E-state index contributed by atoms with van der Waals surface area (Å²) < 4.78 is 22.6. The highest BCUT2D eigenvalue weighted by Crippen LogP contribution is 2.31. The molecule has 2 atom stereocenters. The van der Waals surface area contributed by atoms with Gasteiger partial charge in [0.1, 0.15) is 6.54 Å². The fourth-order valence-electron chi connectivity index (χ4n) is 3.35. The number of quaternary nitrogens is 1. The molecule has 0 spiro atoms. The monoisotopic (exact) mass is 374 g/mol. The number of fused-ring (bicyclic) bond motifs is 1. The van der Waals surface area contributed by atoms with E-state index in [1.54, 1.807) is 12.1 Å². The van der Waals surface area contributed by atoms with E-state index >= 15 is 0 Å². The largest absolute Gasteiger partial charge is 0.332 e. The number of carbonyl (C=O) groups excluding carboxylic acids is 1. The van der Waals surface area contributed by atoms with E-state index in [1.165, 1.54) is 17.7 Å². The molecule has 2 aromatic carbocycles. The number of hydrogen-bond acceptors (Lipinski definition) is 3. The highest BCUT2D eigenvalue weighted by atomic mass is 32.2. The first-order chi connectivity index (χ1) is 12.3. The molecule has 0 aromatic heterocycles. The summed E-state index contributed by atoms with van der Waals surface area (Å²) in [5.41, 5.74) is 3.15. The van der Waals surface area contributed by atoms with E-state index in [0.29, 0.717) is 6.54 Å². The topological polar surface area (TPSA) is 97.1 Å². The molecule has 0 saturated heterocycles. The van der Waals surface area contributed by atoms with Crippen molar-refractivity contribution >= 4 is 21.6 Å². The van der Waals surface area contributed by atoms with Crippen molar-refractivity contribution in [1.29, 1.82) is 0 Å². The smallest absolute Gasteiger partial charge is 0.285 e. The first-order valence-electron chi connectivity index (χ1n) is 8.63. The zero-order valence-corrected chi connectivity index (χ0v) is 15.7. The maximum absolute atomic E-state index is 12.9. The third-order valence-corrected chi connectivity index (χ3v) is 5.72. The Morgan fingerprint density at radius 3 is 2.54 bits per heavy atom. The van der Waals surface area contributed by atoms with E-state index < -0.39 is 10.0 Å². The predicted octanol–water partition coefficient (Wildman–Crippen LogP) is 0.764. The lowest BCUT2D eigenvalue weighted by molar-refractivity contribution is -0.688. The number of hydrogen-bond donors (Lipinski definition) is 2. The van der Waals surface area contributed by atoms with Crippen LogP contribution in [0.25, 0.3) is 0 Å². The molecular formula is C19H24N3O3S+. The van der Waals surface area contributed by atoms with E-state index in [2.05, 4.69) is 13.0 Å². The minimum Gasteiger partial charge on any atom is -0.332 e. The molecule has 1 amide bonds. The third kappa shape index (κ3) is 3.80. The summed E-state index contributed by atoms with van der Waals surface area (Å²) in [6, 6.07) is 14.4. The molecule has 6 nitrogen and oxygen atoms in total. The number of amides is 1. The van der Waals surface area contributed by atoms with E-state index in [4.69, 9.17) is 5.14 Å². The van der Waals surface area contributed by atoms with Gasteiger partial charge in [0.2, 0.25) is 10.0 Å². The van der Waals surface area contributed by atoms with E-state index in [-0.39, 0.29) is 22.9 Å². The van der Waals surface area contributed by atoms with Crippen molar-refractivity contribution in [3.8, 4) is 0 Å². The summed E-state index contributed by atoms with van der Waals surface area (Å²) >= 11 is 0. The summed E-state index contributed by atoms with van der Waals surface area (Å²) in [7, 11) is -3.68. The first-order valence-corrected chi connectivity index (χ1v) is 10.2. The van der Waals surface area contributed by atoms with Crippen molar-refractivity contribution in [2.75, 3.05) is 4.90 Å². The van der Waals surface area contributed by atoms with Gasteiger partial charge < -0.3 is 10.2 Å². The lowest BCUT2D eigenvalue weighted by Gasteiger charge is -2.25. The van der Waals surface area contributed by atoms with Gasteiger partial charge in [-0.25, -0.2) is 13.6 Å². The molecule has 0 saturated carbocycles. The van der Waals surface area contributed by atoms with Crippen molar-refractivity contribution in [1.82, 2.24) is 0 Å². The zero-order chi connectivity index (χ0) is 18.9. The number of anilines is 1. The molecule has 0 unspecified atom stereocenters. The molecule has 1 heterocycles. The van der Waals surface area contributed by atoms with Crippen LogP contribution in [-0.4, -0.2) is 26.4 Å². The summed E-state index contributed by atoms with van der Waals surface area (Å²) in [6.07, 6.45) is 0.879. The molecule has 26 heavy (non-hydrogen) atoms. The van der Waals surface area contributed by atoms with Crippen LogP contribution in [0, 0.1) is 0 Å². The Morgan fingerprint density at radius 1 is 1.23 bits per heavy atom. The number of benzene rings is 2. The number of nitrogens with two attached hydrogens (primary N) is 2. The van der Waals surface area contributed by atoms with Gasteiger partial charge in [0.15, 0.2) is 6.04 Å². The van der Waals surface area contributed by atoms with Gasteiger partial charge in [-0.1, -0.05) is 30.3 Å². The summed E-state index contributed by atoms with van der Waals surface area (Å²) in [5.74, 6) is 0.0867. The van der Waals surface area contributed by atoms with Gasteiger partial charge in [-0.05, 0) is 44.0 Å². The van der Waals surface area contributed by atoms with E-state index in [1.807, 2.05) is 35.3 Å².